The number of nitrogens with zero attached hydrogens (tertiary/aromatic N) is 3. The number of anilines is 2. The summed E-state index contributed by atoms with van der Waals surface area (Å²) in [4.78, 5) is 18.3. The Morgan fingerprint density at radius 3 is 2.55 bits per heavy atom. The molecule has 2 heterocycles. The number of ether oxygens (including phenoxy) is 1. The largest absolute Gasteiger partial charge is 0.489 e. The van der Waals surface area contributed by atoms with Gasteiger partial charge in [0.15, 0.2) is 0 Å². The van der Waals surface area contributed by atoms with Gasteiger partial charge in [0.2, 0.25) is 11.1 Å². The molecule has 0 bridgehead atoms. The van der Waals surface area contributed by atoms with Crippen molar-refractivity contribution in [2.45, 2.75) is 38.1 Å². The fourth-order valence-electron chi connectivity index (χ4n) is 4.23. The second kappa shape index (κ2) is 11.8. The first kappa shape index (κ1) is 25.9. The molecule has 0 radical (unpaired) electrons. The Bertz CT molecular complexity index is 1450. The molecule has 1 amide bonds. The van der Waals surface area contributed by atoms with Crippen molar-refractivity contribution in [2.75, 3.05) is 16.4 Å². The minimum absolute atomic E-state index is 0.200. The summed E-state index contributed by atoms with van der Waals surface area (Å²) in [5.41, 5.74) is 3.84. The number of hydrogen-bond acceptors (Lipinski definition) is 6. The highest BCUT2D eigenvalue weighted by Gasteiger charge is 2.34. The average molecular weight is 546 g/mol. The normalized spacial score (nSPS) is 14.6. The smallest absolute Gasteiger partial charge is 0.255 e. The van der Waals surface area contributed by atoms with E-state index in [1.54, 1.807) is 16.4 Å². The number of fused-ring (bicyclic) bond motifs is 1. The summed E-state index contributed by atoms with van der Waals surface area (Å²) in [5.74, 6) is 2.03. The zero-order chi connectivity index (χ0) is 26.5. The van der Waals surface area contributed by atoms with Crippen LogP contribution in [-0.4, -0.2) is 26.4 Å². The molecule has 1 aromatic heterocycles. The molecule has 1 aliphatic rings. The van der Waals surface area contributed by atoms with E-state index in [4.69, 9.17) is 21.4 Å². The number of amides is 1. The topological polar surface area (TPSA) is 81.1 Å². The third-order valence-corrected chi connectivity index (χ3v) is 7.50. The van der Waals surface area contributed by atoms with Gasteiger partial charge in [0.05, 0.1) is 5.57 Å². The Hall–Kier alpha value is -3.75. The van der Waals surface area contributed by atoms with Crippen LogP contribution in [0.5, 0.6) is 5.75 Å². The first-order valence-electron chi connectivity index (χ1n) is 12.4. The van der Waals surface area contributed by atoms with E-state index < -0.39 is 6.04 Å². The van der Waals surface area contributed by atoms with Gasteiger partial charge in [0, 0.05) is 27.7 Å². The standard InChI is InChI=1S/C29H28ClN5O2S/c1-3-17-38-29-33-28-31-19(2)25(27(36)32-22-10-5-4-6-11-22)26(35(28)34-29)20-13-15-23(16-14-20)37-18-21-9-7-8-12-24(21)30/h4-16,26H,3,17-18H2,1-2H3,(H,32,36)(H,31,33,34). The minimum atomic E-state index is -0.462. The van der Waals surface area contributed by atoms with Crippen LogP contribution in [0.2, 0.25) is 5.02 Å². The quantitative estimate of drug-likeness (QED) is 0.222. The van der Waals surface area contributed by atoms with Crippen LogP contribution in [0.3, 0.4) is 0 Å². The highest BCUT2D eigenvalue weighted by molar-refractivity contribution is 7.99. The van der Waals surface area contributed by atoms with Crippen molar-refractivity contribution in [2.24, 2.45) is 0 Å². The van der Waals surface area contributed by atoms with Crippen LogP contribution < -0.4 is 15.4 Å². The Kier molecular flexibility index (Phi) is 8.00. The summed E-state index contributed by atoms with van der Waals surface area (Å²) in [7, 11) is 0. The number of nitrogens with one attached hydrogen (secondary N) is 2. The molecule has 0 fully saturated rings. The molecule has 7 nitrogen and oxygen atoms in total. The highest BCUT2D eigenvalue weighted by atomic mass is 35.5. The van der Waals surface area contributed by atoms with Crippen molar-refractivity contribution in [3.8, 4) is 5.75 Å². The van der Waals surface area contributed by atoms with Gasteiger partial charge in [-0.25, -0.2) is 4.68 Å². The number of allylic oxidation sites excluding steroid dienone is 1. The van der Waals surface area contributed by atoms with Crippen molar-refractivity contribution in [3.05, 3.63) is 106 Å². The summed E-state index contributed by atoms with van der Waals surface area (Å²) in [6.07, 6.45) is 1.02. The number of carbonyl (C=O) groups excluding carboxylic acids is 1. The monoisotopic (exact) mass is 545 g/mol. The lowest BCUT2D eigenvalue weighted by molar-refractivity contribution is -0.113. The number of carbonyl (C=O) groups is 1. The molecule has 38 heavy (non-hydrogen) atoms. The molecule has 0 saturated heterocycles. The average Bonchev–Trinajstić information content (AvgIpc) is 3.34. The first-order valence-corrected chi connectivity index (χ1v) is 13.8. The Morgan fingerprint density at radius 2 is 1.82 bits per heavy atom. The van der Waals surface area contributed by atoms with Crippen LogP contribution in [0.4, 0.5) is 11.6 Å². The number of benzene rings is 3. The predicted molar refractivity (Wildman–Crippen MR) is 153 cm³/mol. The van der Waals surface area contributed by atoms with Gasteiger partial charge in [-0.1, -0.05) is 78.8 Å². The number of thioether (sulfide) groups is 1. The molecule has 0 saturated carbocycles. The number of halogens is 1. The third-order valence-electron chi connectivity index (χ3n) is 6.09. The lowest BCUT2D eigenvalue weighted by atomic mass is 9.95. The highest BCUT2D eigenvalue weighted by Crippen LogP contribution is 2.37. The van der Waals surface area contributed by atoms with Gasteiger partial charge in [-0.3, -0.25) is 4.79 Å². The summed E-state index contributed by atoms with van der Waals surface area (Å²) in [6, 6.07) is 24.3. The van der Waals surface area contributed by atoms with Crippen LogP contribution in [-0.2, 0) is 11.4 Å². The van der Waals surface area contributed by atoms with Gasteiger partial charge in [0.1, 0.15) is 18.4 Å². The van der Waals surface area contributed by atoms with E-state index in [2.05, 4.69) is 22.5 Å². The van der Waals surface area contributed by atoms with Crippen LogP contribution >= 0.6 is 23.4 Å². The van der Waals surface area contributed by atoms with Crippen LogP contribution in [0, 0.1) is 0 Å². The zero-order valence-corrected chi connectivity index (χ0v) is 22.7. The second-order valence-electron chi connectivity index (χ2n) is 8.85. The van der Waals surface area contributed by atoms with E-state index in [1.165, 1.54) is 0 Å². The summed E-state index contributed by atoms with van der Waals surface area (Å²) in [6.45, 7) is 4.38. The molecule has 0 aliphatic carbocycles. The SMILES string of the molecule is CCCSc1nc2n(n1)C(c1ccc(OCc3ccccc3Cl)cc1)C(C(=O)Nc1ccccc1)=C(C)N2. The number of para-hydroxylation sites is 1. The number of aromatic nitrogens is 3. The Balaban J connectivity index is 1.45. The number of hydrogen-bond donors (Lipinski definition) is 2. The zero-order valence-electron chi connectivity index (χ0n) is 21.1. The Labute approximate surface area is 231 Å². The van der Waals surface area contributed by atoms with Gasteiger partial charge in [-0.05, 0) is 49.2 Å². The van der Waals surface area contributed by atoms with Crippen molar-refractivity contribution < 1.29 is 9.53 Å². The third kappa shape index (κ3) is 5.71. The van der Waals surface area contributed by atoms with E-state index in [-0.39, 0.29) is 5.91 Å². The molecular weight excluding hydrogens is 518 g/mol. The molecule has 1 aliphatic heterocycles. The lowest BCUT2D eigenvalue weighted by Gasteiger charge is -2.28. The molecule has 1 unspecified atom stereocenters. The van der Waals surface area contributed by atoms with Crippen LogP contribution in [0.15, 0.2) is 95.3 Å². The van der Waals surface area contributed by atoms with Crippen LogP contribution in [0.1, 0.15) is 37.4 Å². The molecule has 194 valence electrons. The van der Waals surface area contributed by atoms with Crippen molar-refractivity contribution in [3.63, 3.8) is 0 Å². The van der Waals surface area contributed by atoms with E-state index in [0.717, 1.165) is 34.7 Å². The number of rotatable bonds is 9. The molecule has 0 spiro atoms. The van der Waals surface area contributed by atoms with E-state index in [9.17, 15) is 4.79 Å². The molecule has 3 aromatic carbocycles. The molecule has 9 heteroatoms. The Morgan fingerprint density at radius 1 is 1.08 bits per heavy atom. The van der Waals surface area contributed by atoms with Gasteiger partial charge in [-0.2, -0.15) is 4.98 Å². The van der Waals surface area contributed by atoms with E-state index in [0.29, 0.717) is 34.1 Å². The summed E-state index contributed by atoms with van der Waals surface area (Å²) >= 11 is 7.87. The van der Waals surface area contributed by atoms with Gasteiger partial charge < -0.3 is 15.4 Å². The van der Waals surface area contributed by atoms with Crippen molar-refractivity contribution in [1.82, 2.24) is 14.8 Å². The van der Waals surface area contributed by atoms with E-state index in [1.807, 2.05) is 85.8 Å². The van der Waals surface area contributed by atoms with Crippen LogP contribution in [0.25, 0.3) is 0 Å². The molecule has 5 rings (SSSR count). The van der Waals surface area contributed by atoms with Crippen molar-refractivity contribution >= 4 is 40.9 Å². The van der Waals surface area contributed by atoms with Gasteiger partial charge >= 0.3 is 0 Å². The predicted octanol–water partition coefficient (Wildman–Crippen LogP) is 6.94. The minimum Gasteiger partial charge on any atom is -0.489 e. The first-order chi connectivity index (χ1) is 18.5. The second-order valence-corrected chi connectivity index (χ2v) is 10.3. The fraction of sp³-hybridized carbons (Fsp3) is 0.207. The van der Waals surface area contributed by atoms with Gasteiger partial charge in [-0.15, -0.1) is 5.10 Å². The maximum atomic E-state index is 13.6. The maximum absolute atomic E-state index is 13.6. The summed E-state index contributed by atoms with van der Waals surface area (Å²) in [5, 5.41) is 12.4. The molecule has 1 atom stereocenters. The maximum Gasteiger partial charge on any atom is 0.255 e. The van der Waals surface area contributed by atoms with E-state index >= 15 is 0 Å². The molecule has 2 N–H and O–H groups in total. The van der Waals surface area contributed by atoms with Gasteiger partial charge in [0.25, 0.3) is 5.91 Å². The van der Waals surface area contributed by atoms with Crippen molar-refractivity contribution in [1.29, 1.82) is 0 Å². The molecular formula is C29H28ClN5O2S. The fourth-order valence-corrected chi connectivity index (χ4v) is 5.10. The lowest BCUT2D eigenvalue weighted by Crippen LogP contribution is -2.31. The molecule has 4 aromatic rings. The summed E-state index contributed by atoms with van der Waals surface area (Å²) < 4.78 is 7.78.